The number of nitrogens with two attached hydrogens (primary N) is 1. The first-order chi connectivity index (χ1) is 18.1. The van der Waals surface area contributed by atoms with Gasteiger partial charge >= 0.3 is 0 Å². The molecule has 38 heavy (non-hydrogen) atoms. The summed E-state index contributed by atoms with van der Waals surface area (Å²) in [7, 11) is 0. The van der Waals surface area contributed by atoms with Gasteiger partial charge in [0.2, 0.25) is 0 Å². The highest BCUT2D eigenvalue weighted by Gasteiger charge is 2.37. The van der Waals surface area contributed by atoms with Crippen LogP contribution >= 0.6 is 0 Å². The number of benzene rings is 1. The molecule has 1 aliphatic heterocycles. The van der Waals surface area contributed by atoms with Crippen molar-refractivity contribution in [2.75, 3.05) is 23.3 Å². The third-order valence-electron chi connectivity index (χ3n) is 7.67. The molecular weight excluding hydrogens is 492 g/mol. The third-order valence-corrected chi connectivity index (χ3v) is 7.67. The predicted molar refractivity (Wildman–Crippen MR) is 140 cm³/mol. The van der Waals surface area contributed by atoms with Crippen molar-refractivity contribution in [1.82, 2.24) is 9.97 Å². The molecule has 10 heteroatoms. The maximum absolute atomic E-state index is 15.2. The Bertz CT molecular complexity index is 1350. The highest BCUT2D eigenvalue weighted by Crippen LogP contribution is 2.43. The van der Waals surface area contributed by atoms with E-state index in [0.29, 0.717) is 48.4 Å². The summed E-state index contributed by atoms with van der Waals surface area (Å²) in [6, 6.07) is 6.48. The first-order valence-corrected chi connectivity index (χ1v) is 12.7. The quantitative estimate of drug-likeness (QED) is 0.404. The summed E-state index contributed by atoms with van der Waals surface area (Å²) in [6.07, 6.45) is 4.42. The van der Waals surface area contributed by atoms with Gasteiger partial charge in [0.1, 0.15) is 23.0 Å². The van der Waals surface area contributed by atoms with Crippen molar-refractivity contribution in [3.8, 4) is 11.3 Å². The summed E-state index contributed by atoms with van der Waals surface area (Å²) in [4.78, 5) is 23.5. The van der Waals surface area contributed by atoms with Crippen LogP contribution in [0.5, 0.6) is 0 Å². The molecule has 200 valence electrons. The van der Waals surface area contributed by atoms with Crippen molar-refractivity contribution in [3.63, 3.8) is 0 Å². The van der Waals surface area contributed by atoms with Crippen molar-refractivity contribution >= 4 is 17.3 Å². The highest BCUT2D eigenvalue weighted by atomic mass is 19.1. The van der Waals surface area contributed by atoms with E-state index in [0.717, 1.165) is 12.5 Å². The third kappa shape index (κ3) is 4.75. The maximum atomic E-state index is 15.2. The zero-order valence-electron chi connectivity index (χ0n) is 21.3. The minimum atomic E-state index is -1.06. The second kappa shape index (κ2) is 10.0. The molecule has 1 amide bonds. The number of aliphatic hydroxyl groups excluding tert-OH is 1. The van der Waals surface area contributed by atoms with E-state index < -0.39 is 35.3 Å². The van der Waals surface area contributed by atoms with Gasteiger partial charge in [-0.25, -0.2) is 13.8 Å². The van der Waals surface area contributed by atoms with E-state index in [-0.39, 0.29) is 22.9 Å². The van der Waals surface area contributed by atoms with Crippen molar-refractivity contribution in [2.24, 2.45) is 11.7 Å². The molecule has 1 aliphatic carbocycles. The molecule has 0 spiro atoms. The molecule has 3 aromatic rings. The Morgan fingerprint density at radius 1 is 1.18 bits per heavy atom. The summed E-state index contributed by atoms with van der Waals surface area (Å²) in [5.41, 5.74) is 6.56. The summed E-state index contributed by atoms with van der Waals surface area (Å²) in [6.45, 7) is 4.45. The number of aromatic nitrogens is 2. The Hall–Kier alpha value is -3.47. The number of hydrogen-bond acceptors (Lipinski definition) is 7. The number of nitrogens with one attached hydrogen (secondary N) is 1. The number of carbonyl (C=O) groups is 1. The van der Waals surface area contributed by atoms with Gasteiger partial charge in [0.25, 0.3) is 5.91 Å². The lowest BCUT2D eigenvalue weighted by Gasteiger charge is -2.40. The predicted octanol–water partition coefficient (Wildman–Crippen LogP) is 3.50. The number of aliphatic hydroxyl groups is 2. The normalized spacial score (nSPS) is 22.6. The Kier molecular flexibility index (Phi) is 6.89. The number of aryl methyl sites for hydroxylation is 1. The molecule has 8 nitrogen and oxygen atoms in total. The van der Waals surface area contributed by atoms with Gasteiger partial charge in [0.05, 0.1) is 29.3 Å². The van der Waals surface area contributed by atoms with Gasteiger partial charge in [-0.3, -0.25) is 9.78 Å². The second-order valence-corrected chi connectivity index (χ2v) is 10.4. The molecule has 2 aliphatic rings. The van der Waals surface area contributed by atoms with Gasteiger partial charge in [-0.05, 0) is 61.6 Å². The molecule has 1 saturated carbocycles. The number of piperidine rings is 1. The van der Waals surface area contributed by atoms with Crippen molar-refractivity contribution in [2.45, 2.75) is 50.9 Å². The van der Waals surface area contributed by atoms with Gasteiger partial charge in [-0.15, -0.1) is 0 Å². The molecule has 1 saturated heterocycles. The lowest BCUT2D eigenvalue weighted by molar-refractivity contribution is -0.0390. The van der Waals surface area contributed by atoms with E-state index in [1.54, 1.807) is 25.3 Å². The monoisotopic (exact) mass is 523 g/mol. The number of anilines is 2. The van der Waals surface area contributed by atoms with Crippen LogP contribution in [0.15, 0.2) is 42.7 Å². The Morgan fingerprint density at radius 3 is 2.61 bits per heavy atom. The van der Waals surface area contributed by atoms with E-state index in [9.17, 15) is 19.4 Å². The standard InChI is InChI=1S/C28H31F2N5O3/c1-15-10-17(28(38)7-3-8-28)11-19(30)24(15)25-18(29)4-5-21(33-25)27(37)34-22-12-32-9-6-23(22)35-13-16(2)26(36)20(31)14-35/h4-6,9-12,16,20,26,36,38H,3,7-8,13-14,31H2,1-2H3,(H,34,37)/t16-,20+,26+/m0/s1. The lowest BCUT2D eigenvalue weighted by atomic mass is 9.74. The fraction of sp³-hybridized carbons (Fsp3) is 0.393. The average Bonchev–Trinajstić information content (AvgIpc) is 2.86. The van der Waals surface area contributed by atoms with Crippen LogP contribution in [0.4, 0.5) is 20.2 Å². The lowest BCUT2D eigenvalue weighted by Crippen LogP contribution is -2.55. The van der Waals surface area contributed by atoms with Crippen LogP contribution in [0, 0.1) is 24.5 Å². The molecule has 0 unspecified atom stereocenters. The molecule has 1 aromatic carbocycles. The number of pyridine rings is 2. The topological polar surface area (TPSA) is 125 Å². The number of amides is 1. The highest BCUT2D eigenvalue weighted by molar-refractivity contribution is 6.04. The van der Waals surface area contributed by atoms with Gasteiger partial charge in [0.15, 0.2) is 0 Å². The Balaban J connectivity index is 1.43. The van der Waals surface area contributed by atoms with Gasteiger partial charge in [-0.2, -0.15) is 0 Å². The molecule has 2 fully saturated rings. The molecular formula is C28H31F2N5O3. The zero-order chi connectivity index (χ0) is 27.2. The Labute approximate surface area is 219 Å². The van der Waals surface area contributed by atoms with Gasteiger partial charge in [0, 0.05) is 36.8 Å². The van der Waals surface area contributed by atoms with Crippen molar-refractivity contribution in [3.05, 3.63) is 71.2 Å². The molecule has 5 N–H and O–H groups in total. The minimum absolute atomic E-state index is 0.0549. The van der Waals surface area contributed by atoms with E-state index in [1.807, 2.05) is 11.8 Å². The first kappa shape index (κ1) is 26.1. The molecule has 5 rings (SSSR count). The largest absolute Gasteiger partial charge is 0.391 e. The number of nitrogens with zero attached hydrogens (tertiary/aromatic N) is 3. The molecule has 0 radical (unpaired) electrons. The Morgan fingerprint density at radius 2 is 1.95 bits per heavy atom. The summed E-state index contributed by atoms with van der Waals surface area (Å²) in [5.74, 6) is -2.17. The van der Waals surface area contributed by atoms with Crippen LogP contribution < -0.4 is 16.0 Å². The zero-order valence-corrected chi connectivity index (χ0v) is 21.3. The van der Waals surface area contributed by atoms with Crippen LogP contribution in [-0.4, -0.2) is 51.3 Å². The van der Waals surface area contributed by atoms with Crippen molar-refractivity contribution < 1.29 is 23.8 Å². The van der Waals surface area contributed by atoms with E-state index in [1.165, 1.54) is 18.3 Å². The maximum Gasteiger partial charge on any atom is 0.274 e. The first-order valence-electron chi connectivity index (χ1n) is 12.7. The fourth-order valence-electron chi connectivity index (χ4n) is 5.31. The van der Waals surface area contributed by atoms with Crippen LogP contribution in [0.2, 0.25) is 0 Å². The SMILES string of the molecule is Cc1cc(C2(O)CCC2)cc(F)c1-c1nc(C(=O)Nc2cnccc2N2C[C@@H](N)[C@H](O)[C@@H](C)C2)ccc1F. The molecule has 3 heterocycles. The number of halogens is 2. The van der Waals surface area contributed by atoms with E-state index in [4.69, 9.17) is 5.73 Å². The van der Waals surface area contributed by atoms with Crippen molar-refractivity contribution in [1.29, 1.82) is 0 Å². The average molecular weight is 524 g/mol. The summed E-state index contributed by atoms with van der Waals surface area (Å²) >= 11 is 0. The molecule has 2 aromatic heterocycles. The molecule has 0 bridgehead atoms. The van der Waals surface area contributed by atoms with Crippen LogP contribution in [0.25, 0.3) is 11.3 Å². The second-order valence-electron chi connectivity index (χ2n) is 10.4. The van der Waals surface area contributed by atoms with Crippen LogP contribution in [0.3, 0.4) is 0 Å². The summed E-state index contributed by atoms with van der Waals surface area (Å²) < 4.78 is 30.1. The van der Waals surface area contributed by atoms with E-state index in [2.05, 4.69) is 15.3 Å². The minimum Gasteiger partial charge on any atom is -0.391 e. The van der Waals surface area contributed by atoms with Gasteiger partial charge in [-0.1, -0.05) is 13.0 Å². The van der Waals surface area contributed by atoms with Crippen LogP contribution in [0.1, 0.15) is 47.8 Å². The van der Waals surface area contributed by atoms with Crippen LogP contribution in [-0.2, 0) is 5.60 Å². The smallest absolute Gasteiger partial charge is 0.274 e. The fourth-order valence-corrected chi connectivity index (χ4v) is 5.31. The van der Waals surface area contributed by atoms with E-state index >= 15 is 4.39 Å². The number of carbonyl (C=O) groups excluding carboxylic acids is 1. The number of rotatable bonds is 5. The molecule has 3 atom stereocenters. The summed E-state index contributed by atoms with van der Waals surface area (Å²) in [5, 5.41) is 23.6. The van der Waals surface area contributed by atoms with Gasteiger partial charge < -0.3 is 26.2 Å². The number of hydrogen-bond donors (Lipinski definition) is 4.